The topological polar surface area (TPSA) is 15.3 Å². The van der Waals surface area contributed by atoms with E-state index in [2.05, 4.69) is 37.2 Å². The fourth-order valence-corrected chi connectivity index (χ4v) is 0.950. The maximum absolute atomic E-state index is 5.37. The van der Waals surface area contributed by atoms with E-state index in [0.717, 1.165) is 25.9 Å². The summed E-state index contributed by atoms with van der Waals surface area (Å²) in [6, 6.07) is 0.243. The van der Waals surface area contributed by atoms with Crippen molar-refractivity contribution < 1.29 is 0 Å². The number of nitrogens with zero attached hydrogens (tertiary/aromatic N) is 1. The highest BCUT2D eigenvalue weighted by Crippen LogP contribution is 1.91. The Balaban J connectivity index is 3.48. The molecule has 0 aromatic heterocycles. The van der Waals surface area contributed by atoms with Crippen LogP contribution < -0.4 is 5.32 Å². The molecular weight excluding hydrogens is 148 g/mol. The molecule has 0 fully saturated rings. The summed E-state index contributed by atoms with van der Waals surface area (Å²) in [6.45, 7) is 4.21. The van der Waals surface area contributed by atoms with Crippen LogP contribution in [0.1, 0.15) is 19.8 Å². The van der Waals surface area contributed by atoms with Gasteiger partial charge in [0.2, 0.25) is 0 Å². The van der Waals surface area contributed by atoms with Gasteiger partial charge in [-0.15, -0.1) is 6.42 Å². The molecule has 0 aliphatic heterocycles. The lowest BCUT2D eigenvalue weighted by Gasteiger charge is -2.15. The summed E-state index contributed by atoms with van der Waals surface area (Å²) >= 11 is 0. The smallest absolute Gasteiger partial charge is 0.0699 e. The Hall–Kier alpha value is -0.520. The van der Waals surface area contributed by atoms with Crippen LogP contribution in [-0.4, -0.2) is 38.1 Å². The van der Waals surface area contributed by atoms with Gasteiger partial charge in [-0.25, -0.2) is 0 Å². The van der Waals surface area contributed by atoms with Crippen molar-refractivity contribution in [2.75, 3.05) is 27.2 Å². The first-order chi connectivity index (χ1) is 5.70. The highest BCUT2D eigenvalue weighted by atomic mass is 15.1. The Morgan fingerprint density at radius 3 is 2.58 bits per heavy atom. The van der Waals surface area contributed by atoms with Crippen LogP contribution in [0.4, 0.5) is 0 Å². The second kappa shape index (κ2) is 7.15. The van der Waals surface area contributed by atoms with E-state index < -0.39 is 0 Å². The van der Waals surface area contributed by atoms with Gasteiger partial charge in [0.25, 0.3) is 0 Å². The fourth-order valence-electron chi connectivity index (χ4n) is 0.950. The van der Waals surface area contributed by atoms with Crippen LogP contribution in [0.5, 0.6) is 0 Å². The van der Waals surface area contributed by atoms with Gasteiger partial charge < -0.3 is 10.2 Å². The minimum atomic E-state index is 0.243. The Labute approximate surface area is 76.3 Å². The summed E-state index contributed by atoms with van der Waals surface area (Å²) in [4.78, 5) is 2.15. The van der Waals surface area contributed by atoms with E-state index in [9.17, 15) is 0 Å². The molecule has 0 saturated carbocycles. The second-order valence-corrected chi connectivity index (χ2v) is 3.27. The lowest BCUT2D eigenvalue weighted by molar-refractivity contribution is 0.380. The monoisotopic (exact) mass is 168 g/mol. The summed E-state index contributed by atoms with van der Waals surface area (Å²) < 4.78 is 0. The zero-order valence-electron chi connectivity index (χ0n) is 8.43. The molecule has 0 aliphatic carbocycles. The number of hydrogen-bond donors (Lipinski definition) is 1. The van der Waals surface area contributed by atoms with E-state index in [-0.39, 0.29) is 6.04 Å². The lowest BCUT2D eigenvalue weighted by atomic mass is 10.2. The van der Waals surface area contributed by atoms with Crippen molar-refractivity contribution in [2.24, 2.45) is 0 Å². The van der Waals surface area contributed by atoms with Gasteiger partial charge in [0.15, 0.2) is 0 Å². The first-order valence-electron chi connectivity index (χ1n) is 4.55. The normalized spacial score (nSPS) is 12.9. The first-order valence-corrected chi connectivity index (χ1v) is 4.55. The number of rotatable bonds is 6. The molecule has 0 spiro atoms. The predicted octanol–water partition coefficient (Wildman–Crippen LogP) is 0.939. The van der Waals surface area contributed by atoms with Crippen molar-refractivity contribution >= 4 is 0 Å². The van der Waals surface area contributed by atoms with Gasteiger partial charge in [0.05, 0.1) is 6.04 Å². The molecule has 0 radical (unpaired) electrons. The number of nitrogens with one attached hydrogen (secondary N) is 1. The molecule has 2 nitrogen and oxygen atoms in total. The van der Waals surface area contributed by atoms with E-state index in [0.29, 0.717) is 0 Å². The fraction of sp³-hybridized carbons (Fsp3) is 0.800. The molecule has 0 bridgehead atoms. The maximum Gasteiger partial charge on any atom is 0.0699 e. The zero-order chi connectivity index (χ0) is 9.40. The Morgan fingerprint density at radius 2 is 2.17 bits per heavy atom. The SMILES string of the molecule is C#CC(CCN(C)C)NCCC. The van der Waals surface area contributed by atoms with E-state index in [1.165, 1.54) is 0 Å². The van der Waals surface area contributed by atoms with Gasteiger partial charge >= 0.3 is 0 Å². The van der Waals surface area contributed by atoms with Gasteiger partial charge in [0.1, 0.15) is 0 Å². The predicted molar refractivity (Wildman–Crippen MR) is 54.1 cm³/mol. The summed E-state index contributed by atoms with van der Waals surface area (Å²) in [5, 5.41) is 3.31. The van der Waals surface area contributed by atoms with Gasteiger partial charge in [0, 0.05) is 0 Å². The van der Waals surface area contributed by atoms with E-state index in [1.54, 1.807) is 0 Å². The van der Waals surface area contributed by atoms with E-state index in [1.807, 2.05) is 0 Å². The molecule has 0 saturated heterocycles. The summed E-state index contributed by atoms with van der Waals surface area (Å²) in [7, 11) is 4.13. The molecule has 0 aromatic rings. The Kier molecular flexibility index (Phi) is 6.84. The summed E-state index contributed by atoms with van der Waals surface area (Å²) in [5.74, 6) is 2.75. The van der Waals surface area contributed by atoms with E-state index in [4.69, 9.17) is 6.42 Å². The molecule has 0 heterocycles. The Bertz CT molecular complexity index is 135. The van der Waals surface area contributed by atoms with E-state index >= 15 is 0 Å². The van der Waals surface area contributed by atoms with Gasteiger partial charge in [-0.2, -0.15) is 0 Å². The minimum Gasteiger partial charge on any atom is -0.309 e. The van der Waals surface area contributed by atoms with Crippen molar-refractivity contribution in [1.82, 2.24) is 10.2 Å². The molecule has 0 amide bonds. The summed E-state index contributed by atoms with van der Waals surface area (Å²) in [6.07, 6.45) is 7.54. The van der Waals surface area contributed by atoms with Crippen molar-refractivity contribution in [3.05, 3.63) is 0 Å². The molecule has 1 atom stereocenters. The lowest BCUT2D eigenvalue weighted by Crippen LogP contribution is -2.31. The van der Waals surface area contributed by atoms with Gasteiger partial charge in [-0.05, 0) is 40.0 Å². The molecular formula is C10H20N2. The standard InChI is InChI=1S/C10H20N2/c1-5-8-11-10(6-2)7-9-12(3)4/h2,10-11H,5,7-9H2,1,3-4H3. The van der Waals surface area contributed by atoms with Crippen molar-refractivity contribution in [1.29, 1.82) is 0 Å². The quantitative estimate of drug-likeness (QED) is 0.594. The third-order valence-corrected chi connectivity index (χ3v) is 1.71. The third-order valence-electron chi connectivity index (χ3n) is 1.71. The zero-order valence-corrected chi connectivity index (χ0v) is 8.43. The van der Waals surface area contributed by atoms with Gasteiger partial charge in [-0.3, -0.25) is 0 Å². The largest absolute Gasteiger partial charge is 0.309 e. The second-order valence-electron chi connectivity index (χ2n) is 3.27. The summed E-state index contributed by atoms with van der Waals surface area (Å²) in [5.41, 5.74) is 0. The van der Waals surface area contributed by atoms with Crippen LogP contribution in [0.15, 0.2) is 0 Å². The molecule has 0 aromatic carbocycles. The van der Waals surface area contributed by atoms with Crippen LogP contribution in [0.2, 0.25) is 0 Å². The first kappa shape index (κ1) is 11.5. The number of hydrogen-bond acceptors (Lipinski definition) is 2. The molecule has 1 N–H and O–H groups in total. The minimum absolute atomic E-state index is 0.243. The number of terminal acetylenes is 1. The van der Waals surface area contributed by atoms with Crippen LogP contribution in [0.25, 0.3) is 0 Å². The van der Waals surface area contributed by atoms with Crippen molar-refractivity contribution in [2.45, 2.75) is 25.8 Å². The van der Waals surface area contributed by atoms with Crippen LogP contribution in [-0.2, 0) is 0 Å². The third kappa shape index (κ3) is 6.21. The molecule has 0 rings (SSSR count). The average molecular weight is 168 g/mol. The molecule has 0 aliphatic rings. The maximum atomic E-state index is 5.37. The Morgan fingerprint density at radius 1 is 1.50 bits per heavy atom. The van der Waals surface area contributed by atoms with Gasteiger partial charge in [-0.1, -0.05) is 12.8 Å². The molecule has 2 heteroatoms. The van der Waals surface area contributed by atoms with Crippen LogP contribution >= 0.6 is 0 Å². The molecule has 1 unspecified atom stereocenters. The highest BCUT2D eigenvalue weighted by Gasteiger charge is 2.02. The van der Waals surface area contributed by atoms with Crippen LogP contribution in [0.3, 0.4) is 0 Å². The molecule has 12 heavy (non-hydrogen) atoms. The highest BCUT2D eigenvalue weighted by molar-refractivity contribution is 4.98. The van der Waals surface area contributed by atoms with Crippen molar-refractivity contribution in [3.8, 4) is 12.3 Å². The van der Waals surface area contributed by atoms with Crippen LogP contribution in [0, 0.1) is 12.3 Å². The average Bonchev–Trinajstić information content (AvgIpc) is 2.05. The molecule has 70 valence electrons. The van der Waals surface area contributed by atoms with Crippen molar-refractivity contribution in [3.63, 3.8) is 0 Å².